The Morgan fingerprint density at radius 1 is 1.00 bits per heavy atom. The molecule has 0 aliphatic carbocycles. The minimum atomic E-state index is -0.0225. The van der Waals surface area contributed by atoms with E-state index in [2.05, 4.69) is 45.0 Å². The lowest BCUT2D eigenvalue weighted by atomic mass is 9.85. The molecule has 0 unspecified atom stereocenters. The molecule has 0 fully saturated rings. The van der Waals surface area contributed by atoms with E-state index in [1.165, 1.54) is 11.1 Å². The van der Waals surface area contributed by atoms with Crippen LogP contribution in [0.1, 0.15) is 44.7 Å². The highest BCUT2D eigenvalue weighted by Crippen LogP contribution is 2.21. The van der Waals surface area contributed by atoms with E-state index in [0.29, 0.717) is 0 Å². The molecular weight excluding hydrogens is 218 g/mol. The summed E-state index contributed by atoms with van der Waals surface area (Å²) < 4.78 is 0. The molecule has 0 saturated heterocycles. The van der Waals surface area contributed by atoms with Crippen LogP contribution >= 0.6 is 12.4 Å². The average Bonchev–Trinajstić information content (AvgIpc) is 2.29. The fourth-order valence-electron chi connectivity index (χ4n) is 1.95. The van der Waals surface area contributed by atoms with Crippen LogP contribution in [0.25, 0.3) is 0 Å². The van der Waals surface area contributed by atoms with Gasteiger partial charge in [0.15, 0.2) is 0 Å². The van der Waals surface area contributed by atoms with Crippen molar-refractivity contribution in [2.24, 2.45) is 5.73 Å². The Morgan fingerprint density at radius 3 is 1.94 bits per heavy atom. The lowest BCUT2D eigenvalue weighted by Crippen LogP contribution is -2.40. The van der Waals surface area contributed by atoms with Crippen molar-refractivity contribution in [3.8, 4) is 0 Å². The molecule has 92 valence electrons. The van der Waals surface area contributed by atoms with Crippen LogP contribution in [-0.2, 0) is 12.8 Å². The van der Waals surface area contributed by atoms with Crippen LogP contribution in [0.4, 0.5) is 0 Å². The number of hydrogen-bond acceptors (Lipinski definition) is 1. The van der Waals surface area contributed by atoms with E-state index in [4.69, 9.17) is 5.73 Å². The molecular formula is C14H24ClN. The zero-order chi connectivity index (χ0) is 11.3. The Labute approximate surface area is 106 Å². The van der Waals surface area contributed by atoms with Crippen LogP contribution in [0.5, 0.6) is 0 Å². The van der Waals surface area contributed by atoms with E-state index < -0.39 is 0 Å². The first kappa shape index (κ1) is 15.5. The second-order valence-electron chi connectivity index (χ2n) is 4.37. The highest BCUT2D eigenvalue weighted by Gasteiger charge is 2.21. The largest absolute Gasteiger partial charge is 0.325 e. The molecule has 1 rings (SSSR count). The molecule has 0 atom stereocenters. The van der Waals surface area contributed by atoms with Gasteiger partial charge in [0.25, 0.3) is 0 Å². The summed E-state index contributed by atoms with van der Waals surface area (Å²) >= 11 is 0. The van der Waals surface area contributed by atoms with E-state index in [9.17, 15) is 0 Å². The summed E-state index contributed by atoms with van der Waals surface area (Å²) in [4.78, 5) is 0. The van der Waals surface area contributed by atoms with Crippen LogP contribution in [0, 0.1) is 0 Å². The topological polar surface area (TPSA) is 26.0 Å². The van der Waals surface area contributed by atoms with Crippen molar-refractivity contribution in [1.29, 1.82) is 0 Å². The summed E-state index contributed by atoms with van der Waals surface area (Å²) in [7, 11) is 0. The van der Waals surface area contributed by atoms with Gasteiger partial charge in [0.05, 0.1) is 0 Å². The van der Waals surface area contributed by atoms with Crippen LogP contribution < -0.4 is 5.73 Å². The third kappa shape index (κ3) is 3.80. The van der Waals surface area contributed by atoms with Gasteiger partial charge < -0.3 is 5.73 Å². The van der Waals surface area contributed by atoms with Gasteiger partial charge in [0.2, 0.25) is 0 Å². The number of aryl methyl sites for hydroxylation is 1. The maximum Gasteiger partial charge on any atom is 0.0189 e. The number of benzene rings is 1. The Bertz CT molecular complexity index is 305. The predicted octanol–water partition coefficient (Wildman–Crippen LogP) is 3.73. The lowest BCUT2D eigenvalue weighted by Gasteiger charge is -2.27. The standard InChI is InChI=1S/C14H23N.ClH/c1-4-12-9-7-8-10-13(12)11-14(15,5-2)6-3;/h7-10H,4-6,11,15H2,1-3H3;1H. The molecule has 0 aliphatic heterocycles. The van der Waals surface area contributed by atoms with Gasteiger partial charge in [-0.15, -0.1) is 12.4 Å². The molecule has 0 spiro atoms. The Kier molecular flexibility index (Phi) is 6.70. The van der Waals surface area contributed by atoms with Crippen molar-refractivity contribution < 1.29 is 0 Å². The fraction of sp³-hybridized carbons (Fsp3) is 0.571. The predicted molar refractivity (Wildman–Crippen MR) is 74.3 cm³/mol. The molecule has 1 aromatic rings. The van der Waals surface area contributed by atoms with Crippen LogP contribution in [0.15, 0.2) is 24.3 Å². The monoisotopic (exact) mass is 241 g/mol. The molecule has 1 nitrogen and oxygen atoms in total. The smallest absolute Gasteiger partial charge is 0.0189 e. The maximum atomic E-state index is 6.35. The average molecular weight is 242 g/mol. The number of hydrogen-bond donors (Lipinski definition) is 1. The first-order chi connectivity index (χ1) is 7.15. The van der Waals surface area contributed by atoms with Crippen molar-refractivity contribution in [3.63, 3.8) is 0 Å². The van der Waals surface area contributed by atoms with Gasteiger partial charge >= 0.3 is 0 Å². The molecule has 1 aromatic carbocycles. The summed E-state index contributed by atoms with van der Waals surface area (Å²) in [6, 6.07) is 8.64. The Hall–Kier alpha value is -0.530. The second kappa shape index (κ2) is 6.93. The van der Waals surface area contributed by atoms with Gasteiger partial charge in [0.1, 0.15) is 0 Å². The third-order valence-electron chi connectivity index (χ3n) is 3.45. The van der Waals surface area contributed by atoms with Crippen molar-refractivity contribution in [1.82, 2.24) is 0 Å². The molecule has 0 radical (unpaired) electrons. The molecule has 0 amide bonds. The first-order valence-electron chi connectivity index (χ1n) is 6.01. The van der Waals surface area contributed by atoms with Crippen molar-refractivity contribution in [3.05, 3.63) is 35.4 Å². The molecule has 0 aromatic heterocycles. The van der Waals surface area contributed by atoms with Crippen LogP contribution in [-0.4, -0.2) is 5.54 Å². The van der Waals surface area contributed by atoms with E-state index in [1.54, 1.807) is 0 Å². The Morgan fingerprint density at radius 2 is 1.50 bits per heavy atom. The van der Waals surface area contributed by atoms with E-state index >= 15 is 0 Å². The zero-order valence-corrected chi connectivity index (χ0v) is 11.4. The molecule has 0 bridgehead atoms. The second-order valence-corrected chi connectivity index (χ2v) is 4.37. The normalized spacial score (nSPS) is 11.0. The molecule has 0 saturated carbocycles. The first-order valence-corrected chi connectivity index (χ1v) is 6.01. The van der Waals surface area contributed by atoms with Gasteiger partial charge in [0, 0.05) is 5.54 Å². The van der Waals surface area contributed by atoms with E-state index in [1.807, 2.05) is 0 Å². The minimum Gasteiger partial charge on any atom is -0.325 e. The zero-order valence-electron chi connectivity index (χ0n) is 10.6. The van der Waals surface area contributed by atoms with Crippen molar-refractivity contribution >= 4 is 12.4 Å². The summed E-state index contributed by atoms with van der Waals surface area (Å²) in [5.41, 5.74) is 9.19. The van der Waals surface area contributed by atoms with Crippen LogP contribution in [0.2, 0.25) is 0 Å². The quantitative estimate of drug-likeness (QED) is 0.835. The summed E-state index contributed by atoms with van der Waals surface area (Å²) in [6.07, 6.45) is 4.19. The number of halogens is 1. The molecule has 2 N–H and O–H groups in total. The molecule has 0 heterocycles. The summed E-state index contributed by atoms with van der Waals surface area (Å²) in [6.45, 7) is 6.56. The van der Waals surface area contributed by atoms with Crippen molar-refractivity contribution in [2.45, 2.75) is 52.0 Å². The summed E-state index contributed by atoms with van der Waals surface area (Å²) in [5, 5.41) is 0. The Balaban J connectivity index is 0.00000225. The number of nitrogens with two attached hydrogens (primary N) is 1. The highest BCUT2D eigenvalue weighted by molar-refractivity contribution is 5.85. The molecule has 2 heteroatoms. The van der Waals surface area contributed by atoms with Gasteiger partial charge in [-0.2, -0.15) is 0 Å². The highest BCUT2D eigenvalue weighted by atomic mass is 35.5. The van der Waals surface area contributed by atoms with Gasteiger partial charge in [-0.1, -0.05) is 45.0 Å². The van der Waals surface area contributed by atoms with Crippen LogP contribution in [0.3, 0.4) is 0 Å². The third-order valence-corrected chi connectivity index (χ3v) is 3.45. The molecule has 16 heavy (non-hydrogen) atoms. The van der Waals surface area contributed by atoms with E-state index in [-0.39, 0.29) is 17.9 Å². The summed E-state index contributed by atoms with van der Waals surface area (Å²) in [5.74, 6) is 0. The minimum absolute atomic E-state index is 0. The van der Waals surface area contributed by atoms with Gasteiger partial charge in [-0.3, -0.25) is 0 Å². The van der Waals surface area contributed by atoms with Crippen molar-refractivity contribution in [2.75, 3.05) is 0 Å². The SMILES string of the molecule is CCc1ccccc1CC(N)(CC)CC.Cl. The number of rotatable bonds is 5. The fourth-order valence-corrected chi connectivity index (χ4v) is 1.95. The maximum absolute atomic E-state index is 6.35. The molecule has 0 aliphatic rings. The van der Waals surface area contributed by atoms with Gasteiger partial charge in [-0.25, -0.2) is 0 Å². The lowest BCUT2D eigenvalue weighted by molar-refractivity contribution is 0.392. The van der Waals surface area contributed by atoms with Gasteiger partial charge in [-0.05, 0) is 36.8 Å². The van der Waals surface area contributed by atoms with E-state index in [0.717, 1.165) is 25.7 Å².